The third-order valence-electron chi connectivity index (χ3n) is 2.64. The number of benzene rings is 1. The summed E-state index contributed by atoms with van der Waals surface area (Å²) in [4.78, 5) is 12.9. The fourth-order valence-corrected chi connectivity index (χ4v) is 2.55. The van der Waals surface area contributed by atoms with Gasteiger partial charge in [0.15, 0.2) is 0 Å². The van der Waals surface area contributed by atoms with Crippen LogP contribution in [0.1, 0.15) is 13.8 Å². The van der Waals surface area contributed by atoms with Gasteiger partial charge in [-0.3, -0.25) is 10.1 Å². The second-order valence-corrected chi connectivity index (χ2v) is 4.95. The number of rotatable bonds is 7. The minimum atomic E-state index is -0.572. The van der Waals surface area contributed by atoms with Crippen LogP contribution in [0, 0.1) is 15.9 Å². The molecule has 0 radical (unpaired) electrons. The van der Waals surface area contributed by atoms with Crippen molar-refractivity contribution in [1.82, 2.24) is 4.90 Å². The van der Waals surface area contributed by atoms with Crippen molar-refractivity contribution in [2.75, 3.05) is 25.4 Å². The molecule has 4 nitrogen and oxygen atoms in total. The van der Waals surface area contributed by atoms with Gasteiger partial charge in [-0.1, -0.05) is 13.8 Å². The molecule has 0 fully saturated rings. The molecule has 0 bridgehead atoms. The van der Waals surface area contributed by atoms with Crippen LogP contribution in [0.4, 0.5) is 10.1 Å². The second-order valence-electron chi connectivity index (χ2n) is 3.78. The first-order chi connectivity index (χ1) is 8.56. The average molecular weight is 272 g/mol. The monoisotopic (exact) mass is 272 g/mol. The molecule has 6 heteroatoms. The molecule has 0 N–H and O–H groups in total. The van der Waals surface area contributed by atoms with Crippen LogP contribution in [-0.2, 0) is 0 Å². The van der Waals surface area contributed by atoms with E-state index >= 15 is 0 Å². The Bertz CT molecular complexity index is 411. The third kappa shape index (κ3) is 4.62. The first-order valence-corrected chi connectivity index (χ1v) is 6.85. The van der Waals surface area contributed by atoms with Gasteiger partial charge in [-0.05, 0) is 19.2 Å². The van der Waals surface area contributed by atoms with Crippen molar-refractivity contribution < 1.29 is 9.31 Å². The molecule has 0 heterocycles. The minimum Gasteiger partial charge on any atom is -0.303 e. The molecule has 0 aliphatic rings. The number of thioether (sulfide) groups is 1. The molecule has 1 rings (SSSR count). The van der Waals surface area contributed by atoms with Crippen LogP contribution in [-0.4, -0.2) is 35.2 Å². The summed E-state index contributed by atoms with van der Waals surface area (Å²) in [6.07, 6.45) is 0. The number of nitro groups is 1. The van der Waals surface area contributed by atoms with Crippen molar-refractivity contribution in [2.24, 2.45) is 0 Å². The molecule has 0 spiro atoms. The molecular formula is C12H17FN2O2S. The molecule has 0 amide bonds. The maximum atomic E-state index is 13.2. The predicted octanol–water partition coefficient (Wildman–Crippen LogP) is 3.17. The van der Waals surface area contributed by atoms with Crippen molar-refractivity contribution in [2.45, 2.75) is 18.7 Å². The lowest BCUT2D eigenvalue weighted by molar-refractivity contribution is -0.385. The molecule has 0 aromatic heterocycles. The van der Waals surface area contributed by atoms with E-state index in [4.69, 9.17) is 0 Å². The van der Waals surface area contributed by atoms with Gasteiger partial charge < -0.3 is 4.90 Å². The maximum Gasteiger partial charge on any atom is 0.273 e. The van der Waals surface area contributed by atoms with Gasteiger partial charge in [0.2, 0.25) is 0 Å². The Hall–Kier alpha value is -1.14. The SMILES string of the molecule is CCN(CC)CCSc1cc(F)cc([N+](=O)[O-])c1. The summed E-state index contributed by atoms with van der Waals surface area (Å²) in [6, 6.07) is 3.68. The standard InChI is InChI=1S/C12H17FN2O2S/c1-3-14(4-2)5-6-18-12-8-10(13)7-11(9-12)15(16)17/h7-9H,3-6H2,1-2H3. The molecular weight excluding hydrogens is 255 g/mol. The van der Waals surface area contributed by atoms with Crippen LogP contribution >= 0.6 is 11.8 Å². The van der Waals surface area contributed by atoms with E-state index in [0.717, 1.165) is 31.5 Å². The van der Waals surface area contributed by atoms with E-state index in [0.29, 0.717) is 4.90 Å². The Balaban J connectivity index is 2.59. The van der Waals surface area contributed by atoms with Crippen LogP contribution in [0.15, 0.2) is 23.1 Å². The molecule has 0 atom stereocenters. The number of hydrogen-bond acceptors (Lipinski definition) is 4. The van der Waals surface area contributed by atoms with Crippen LogP contribution in [0.2, 0.25) is 0 Å². The number of halogens is 1. The Morgan fingerprint density at radius 3 is 2.56 bits per heavy atom. The fraction of sp³-hybridized carbons (Fsp3) is 0.500. The lowest BCUT2D eigenvalue weighted by Gasteiger charge is -2.17. The van der Waals surface area contributed by atoms with Gasteiger partial charge in [0.05, 0.1) is 11.0 Å². The van der Waals surface area contributed by atoms with Gasteiger partial charge >= 0.3 is 0 Å². The minimum absolute atomic E-state index is 0.194. The highest BCUT2D eigenvalue weighted by Crippen LogP contribution is 2.24. The summed E-state index contributed by atoms with van der Waals surface area (Å²) in [6.45, 7) is 7.01. The van der Waals surface area contributed by atoms with Crippen molar-refractivity contribution in [3.8, 4) is 0 Å². The number of nitrogens with zero attached hydrogens (tertiary/aromatic N) is 2. The van der Waals surface area contributed by atoms with Crippen LogP contribution in [0.25, 0.3) is 0 Å². The quantitative estimate of drug-likeness (QED) is 0.434. The van der Waals surface area contributed by atoms with Gasteiger partial charge in [-0.2, -0.15) is 0 Å². The highest BCUT2D eigenvalue weighted by molar-refractivity contribution is 7.99. The Morgan fingerprint density at radius 1 is 1.33 bits per heavy atom. The topological polar surface area (TPSA) is 46.4 Å². The highest BCUT2D eigenvalue weighted by atomic mass is 32.2. The van der Waals surface area contributed by atoms with Crippen molar-refractivity contribution in [3.05, 3.63) is 34.1 Å². The summed E-state index contributed by atoms with van der Waals surface area (Å²) in [7, 11) is 0. The molecule has 1 aromatic rings. The van der Waals surface area contributed by atoms with Crippen molar-refractivity contribution in [1.29, 1.82) is 0 Å². The van der Waals surface area contributed by atoms with E-state index in [1.807, 2.05) is 0 Å². The van der Waals surface area contributed by atoms with E-state index in [1.54, 1.807) is 0 Å². The van der Waals surface area contributed by atoms with Gasteiger partial charge in [0.1, 0.15) is 5.82 Å². The molecule has 100 valence electrons. The summed E-state index contributed by atoms with van der Waals surface area (Å²) in [5.74, 6) is 0.233. The molecule has 0 saturated carbocycles. The first-order valence-electron chi connectivity index (χ1n) is 5.87. The molecule has 18 heavy (non-hydrogen) atoms. The molecule has 0 aliphatic carbocycles. The smallest absolute Gasteiger partial charge is 0.273 e. The largest absolute Gasteiger partial charge is 0.303 e. The van der Waals surface area contributed by atoms with E-state index in [-0.39, 0.29) is 5.69 Å². The van der Waals surface area contributed by atoms with Crippen LogP contribution < -0.4 is 0 Å². The van der Waals surface area contributed by atoms with Crippen molar-refractivity contribution in [3.63, 3.8) is 0 Å². The fourth-order valence-electron chi connectivity index (χ4n) is 1.57. The number of non-ortho nitro benzene ring substituents is 1. The zero-order chi connectivity index (χ0) is 13.5. The van der Waals surface area contributed by atoms with E-state index in [2.05, 4.69) is 18.7 Å². The Labute approximate surface area is 110 Å². The van der Waals surface area contributed by atoms with Crippen LogP contribution in [0.3, 0.4) is 0 Å². The van der Waals surface area contributed by atoms with Gasteiger partial charge in [0.25, 0.3) is 5.69 Å². The van der Waals surface area contributed by atoms with E-state index in [1.165, 1.54) is 23.9 Å². The average Bonchev–Trinajstić information content (AvgIpc) is 2.34. The van der Waals surface area contributed by atoms with Crippen molar-refractivity contribution >= 4 is 17.4 Å². The summed E-state index contributed by atoms with van der Waals surface area (Å²) < 4.78 is 13.2. The highest BCUT2D eigenvalue weighted by Gasteiger charge is 2.10. The summed E-state index contributed by atoms with van der Waals surface area (Å²) in [5, 5.41) is 10.6. The zero-order valence-electron chi connectivity index (χ0n) is 10.6. The first kappa shape index (κ1) is 14.9. The lowest BCUT2D eigenvalue weighted by Crippen LogP contribution is -2.25. The van der Waals surface area contributed by atoms with E-state index < -0.39 is 10.7 Å². The lowest BCUT2D eigenvalue weighted by atomic mass is 10.3. The number of nitro benzene ring substituents is 1. The normalized spacial score (nSPS) is 10.9. The molecule has 0 saturated heterocycles. The zero-order valence-corrected chi connectivity index (χ0v) is 11.4. The molecule has 0 unspecified atom stereocenters. The number of hydrogen-bond donors (Lipinski definition) is 0. The maximum absolute atomic E-state index is 13.2. The summed E-state index contributed by atoms with van der Waals surface area (Å²) in [5.41, 5.74) is -0.194. The Kier molecular flexibility index (Phi) is 6.07. The third-order valence-corrected chi connectivity index (χ3v) is 3.59. The van der Waals surface area contributed by atoms with Gasteiger partial charge in [-0.25, -0.2) is 4.39 Å². The van der Waals surface area contributed by atoms with Gasteiger partial charge in [-0.15, -0.1) is 11.8 Å². The van der Waals surface area contributed by atoms with Gasteiger partial charge in [0, 0.05) is 23.3 Å². The molecule has 0 aliphatic heterocycles. The Morgan fingerprint density at radius 2 is 2.00 bits per heavy atom. The predicted molar refractivity (Wildman–Crippen MR) is 71.6 cm³/mol. The van der Waals surface area contributed by atoms with Crippen LogP contribution in [0.5, 0.6) is 0 Å². The second kappa shape index (κ2) is 7.33. The molecule has 1 aromatic carbocycles. The summed E-state index contributed by atoms with van der Waals surface area (Å²) >= 11 is 1.44. The van der Waals surface area contributed by atoms with E-state index in [9.17, 15) is 14.5 Å².